The number of nitrogens with one attached hydrogen (secondary N) is 1. The largest absolute Gasteiger partial charge is 0.480 e. The SMILES string of the molecule is CSCCCC(Nc1cccc(C)c1)C(=O)O. The maximum Gasteiger partial charge on any atom is 0.326 e. The molecule has 0 aliphatic heterocycles. The Labute approximate surface area is 107 Å². The molecule has 0 heterocycles. The predicted molar refractivity (Wildman–Crippen MR) is 73.8 cm³/mol. The van der Waals surface area contributed by atoms with Crippen LogP contribution in [0.2, 0.25) is 0 Å². The molecule has 0 spiro atoms. The van der Waals surface area contributed by atoms with Crippen LogP contribution in [0.25, 0.3) is 0 Å². The van der Waals surface area contributed by atoms with Crippen LogP contribution in [0.1, 0.15) is 18.4 Å². The van der Waals surface area contributed by atoms with E-state index in [0.717, 1.165) is 23.4 Å². The first-order valence-electron chi connectivity index (χ1n) is 5.68. The molecule has 1 rings (SSSR count). The van der Waals surface area contributed by atoms with Gasteiger partial charge < -0.3 is 10.4 Å². The fourth-order valence-corrected chi connectivity index (χ4v) is 2.08. The summed E-state index contributed by atoms with van der Waals surface area (Å²) in [5.41, 5.74) is 2.00. The summed E-state index contributed by atoms with van der Waals surface area (Å²) in [6.07, 6.45) is 3.60. The highest BCUT2D eigenvalue weighted by atomic mass is 32.2. The Morgan fingerprint density at radius 1 is 1.53 bits per heavy atom. The van der Waals surface area contributed by atoms with Crippen LogP contribution < -0.4 is 5.32 Å². The minimum absolute atomic E-state index is 0.496. The number of hydrogen-bond donors (Lipinski definition) is 2. The standard InChI is InChI=1S/C13H19NO2S/c1-10-5-3-6-11(9-10)14-12(13(15)16)7-4-8-17-2/h3,5-6,9,12,14H,4,7-8H2,1-2H3,(H,15,16). The number of aliphatic carboxylic acids is 1. The fraction of sp³-hybridized carbons (Fsp3) is 0.462. The van der Waals surface area contributed by atoms with Gasteiger partial charge in [0.15, 0.2) is 0 Å². The van der Waals surface area contributed by atoms with Crippen molar-refractivity contribution in [1.29, 1.82) is 0 Å². The Bertz CT molecular complexity index is 368. The molecule has 0 aliphatic carbocycles. The highest BCUT2D eigenvalue weighted by Gasteiger charge is 2.16. The van der Waals surface area contributed by atoms with Crippen LogP contribution in [-0.4, -0.2) is 29.1 Å². The van der Waals surface area contributed by atoms with Crippen molar-refractivity contribution in [3.63, 3.8) is 0 Å². The van der Waals surface area contributed by atoms with Gasteiger partial charge in [-0.1, -0.05) is 12.1 Å². The summed E-state index contributed by atoms with van der Waals surface area (Å²) in [7, 11) is 0. The molecule has 2 N–H and O–H groups in total. The molecule has 0 bridgehead atoms. The minimum atomic E-state index is -0.785. The number of hydrogen-bond acceptors (Lipinski definition) is 3. The summed E-state index contributed by atoms with van der Waals surface area (Å²) in [5, 5.41) is 12.2. The van der Waals surface area contributed by atoms with Crippen molar-refractivity contribution < 1.29 is 9.90 Å². The average Bonchev–Trinajstić information content (AvgIpc) is 2.28. The Morgan fingerprint density at radius 3 is 2.88 bits per heavy atom. The smallest absolute Gasteiger partial charge is 0.326 e. The molecule has 0 aliphatic rings. The molecule has 17 heavy (non-hydrogen) atoms. The van der Waals surface area contributed by atoms with Gasteiger partial charge in [0, 0.05) is 5.69 Å². The molecule has 94 valence electrons. The number of thioether (sulfide) groups is 1. The van der Waals surface area contributed by atoms with E-state index in [4.69, 9.17) is 5.11 Å². The van der Waals surface area contributed by atoms with E-state index in [9.17, 15) is 4.79 Å². The van der Waals surface area contributed by atoms with Crippen LogP contribution >= 0.6 is 11.8 Å². The van der Waals surface area contributed by atoms with E-state index in [1.54, 1.807) is 11.8 Å². The molecule has 0 radical (unpaired) electrons. The molecule has 1 aromatic carbocycles. The monoisotopic (exact) mass is 253 g/mol. The van der Waals surface area contributed by atoms with Gasteiger partial charge in [-0.05, 0) is 49.5 Å². The van der Waals surface area contributed by atoms with Gasteiger partial charge >= 0.3 is 5.97 Å². The molecule has 0 fully saturated rings. The summed E-state index contributed by atoms with van der Waals surface area (Å²) >= 11 is 1.74. The highest BCUT2D eigenvalue weighted by molar-refractivity contribution is 7.98. The normalized spacial score (nSPS) is 12.1. The zero-order valence-electron chi connectivity index (χ0n) is 10.3. The van der Waals surface area contributed by atoms with Crippen LogP contribution in [0.3, 0.4) is 0 Å². The topological polar surface area (TPSA) is 49.3 Å². The van der Waals surface area contributed by atoms with Crippen molar-refractivity contribution in [3.05, 3.63) is 29.8 Å². The minimum Gasteiger partial charge on any atom is -0.480 e. The first-order chi connectivity index (χ1) is 8.13. The molecule has 1 aromatic rings. The van der Waals surface area contributed by atoms with Gasteiger partial charge in [0.1, 0.15) is 6.04 Å². The number of carboxylic acids is 1. The number of rotatable bonds is 7. The molecule has 3 nitrogen and oxygen atoms in total. The van der Waals surface area contributed by atoms with Crippen molar-refractivity contribution in [2.45, 2.75) is 25.8 Å². The van der Waals surface area contributed by atoms with E-state index >= 15 is 0 Å². The molecule has 0 saturated carbocycles. The second-order valence-corrected chi connectivity index (χ2v) is 5.03. The van der Waals surface area contributed by atoms with Gasteiger partial charge in [0.05, 0.1) is 0 Å². The second-order valence-electron chi connectivity index (χ2n) is 4.04. The lowest BCUT2D eigenvalue weighted by Crippen LogP contribution is -2.29. The molecule has 0 aromatic heterocycles. The predicted octanol–water partition coefficient (Wildman–Crippen LogP) is 3.00. The number of anilines is 1. The maximum absolute atomic E-state index is 11.1. The van der Waals surface area contributed by atoms with Crippen LogP contribution in [0.4, 0.5) is 5.69 Å². The highest BCUT2D eigenvalue weighted by Crippen LogP contribution is 2.13. The van der Waals surface area contributed by atoms with Crippen molar-refractivity contribution in [2.24, 2.45) is 0 Å². The molecule has 1 atom stereocenters. The summed E-state index contributed by atoms with van der Waals surface area (Å²) in [5.74, 6) is 0.215. The van der Waals surface area contributed by atoms with Crippen molar-refractivity contribution in [2.75, 3.05) is 17.3 Å². The van der Waals surface area contributed by atoms with Crippen LogP contribution in [-0.2, 0) is 4.79 Å². The Balaban J connectivity index is 2.57. The number of carbonyl (C=O) groups is 1. The lowest BCUT2D eigenvalue weighted by atomic mass is 10.1. The summed E-state index contributed by atoms with van der Waals surface area (Å²) in [4.78, 5) is 11.1. The van der Waals surface area contributed by atoms with E-state index in [-0.39, 0.29) is 0 Å². The van der Waals surface area contributed by atoms with Gasteiger partial charge in [0.2, 0.25) is 0 Å². The fourth-order valence-electron chi connectivity index (χ4n) is 1.63. The summed E-state index contributed by atoms with van der Waals surface area (Å²) in [6, 6.07) is 7.29. The van der Waals surface area contributed by atoms with Gasteiger partial charge in [-0.15, -0.1) is 0 Å². The van der Waals surface area contributed by atoms with Gasteiger partial charge in [-0.25, -0.2) is 4.79 Å². The van der Waals surface area contributed by atoms with Crippen molar-refractivity contribution in [1.82, 2.24) is 0 Å². The Morgan fingerprint density at radius 2 is 2.29 bits per heavy atom. The molecule has 0 amide bonds. The number of aryl methyl sites for hydroxylation is 1. The third kappa shape index (κ3) is 5.13. The maximum atomic E-state index is 11.1. The first kappa shape index (κ1) is 13.9. The second kappa shape index (κ2) is 7.22. The number of benzene rings is 1. The third-order valence-corrected chi connectivity index (χ3v) is 3.20. The zero-order chi connectivity index (χ0) is 12.7. The van der Waals surface area contributed by atoms with Crippen LogP contribution in [0.5, 0.6) is 0 Å². The van der Waals surface area contributed by atoms with E-state index in [2.05, 4.69) is 5.32 Å². The summed E-state index contributed by atoms with van der Waals surface area (Å²) < 4.78 is 0. The number of carboxylic acid groups (broad SMARTS) is 1. The van der Waals surface area contributed by atoms with E-state index in [0.29, 0.717) is 6.42 Å². The Hall–Kier alpha value is -1.16. The first-order valence-corrected chi connectivity index (χ1v) is 7.08. The van der Waals surface area contributed by atoms with Crippen LogP contribution in [0, 0.1) is 6.92 Å². The lowest BCUT2D eigenvalue weighted by molar-refractivity contribution is -0.138. The Kier molecular flexibility index (Phi) is 5.91. The summed E-state index contributed by atoms with van der Waals surface area (Å²) in [6.45, 7) is 1.99. The van der Waals surface area contributed by atoms with Gasteiger partial charge in [0.25, 0.3) is 0 Å². The molecule has 4 heteroatoms. The molecular formula is C13H19NO2S. The van der Waals surface area contributed by atoms with E-state index in [1.165, 1.54) is 0 Å². The molecule has 1 unspecified atom stereocenters. The third-order valence-electron chi connectivity index (χ3n) is 2.50. The quantitative estimate of drug-likeness (QED) is 0.733. The van der Waals surface area contributed by atoms with E-state index in [1.807, 2.05) is 37.4 Å². The van der Waals surface area contributed by atoms with E-state index < -0.39 is 12.0 Å². The zero-order valence-corrected chi connectivity index (χ0v) is 11.1. The van der Waals surface area contributed by atoms with Crippen molar-refractivity contribution in [3.8, 4) is 0 Å². The lowest BCUT2D eigenvalue weighted by Gasteiger charge is -2.15. The van der Waals surface area contributed by atoms with Crippen LogP contribution in [0.15, 0.2) is 24.3 Å². The molecular weight excluding hydrogens is 234 g/mol. The molecule has 0 saturated heterocycles. The van der Waals surface area contributed by atoms with Crippen molar-refractivity contribution >= 4 is 23.4 Å². The van der Waals surface area contributed by atoms with Gasteiger partial charge in [-0.2, -0.15) is 11.8 Å². The van der Waals surface area contributed by atoms with Gasteiger partial charge in [-0.3, -0.25) is 0 Å². The average molecular weight is 253 g/mol.